The van der Waals surface area contributed by atoms with E-state index in [1.807, 2.05) is 24.3 Å². The quantitative estimate of drug-likeness (QED) is 0.596. The van der Waals surface area contributed by atoms with Crippen molar-refractivity contribution in [2.24, 2.45) is 0 Å². The van der Waals surface area contributed by atoms with Crippen molar-refractivity contribution in [1.29, 1.82) is 0 Å². The lowest BCUT2D eigenvalue weighted by atomic mass is 10.1. The summed E-state index contributed by atoms with van der Waals surface area (Å²) in [5.74, 6) is 1.57. The van der Waals surface area contributed by atoms with Crippen molar-refractivity contribution >= 4 is 17.4 Å². The SMILES string of the molecule is COc1ccc(-c2noc(CCCC(=O)Nc3cccc(C(C)=O)c3)n2)cc1. The van der Waals surface area contributed by atoms with Crippen molar-refractivity contribution in [2.45, 2.75) is 26.2 Å². The zero-order valence-electron chi connectivity index (χ0n) is 15.8. The van der Waals surface area contributed by atoms with Crippen molar-refractivity contribution < 1.29 is 18.8 Å². The van der Waals surface area contributed by atoms with Crippen molar-refractivity contribution in [3.05, 3.63) is 60.0 Å². The molecule has 0 aliphatic carbocycles. The maximum Gasteiger partial charge on any atom is 0.226 e. The van der Waals surface area contributed by atoms with Crippen LogP contribution < -0.4 is 10.1 Å². The van der Waals surface area contributed by atoms with Gasteiger partial charge in [-0.05, 0) is 49.7 Å². The Kier molecular flexibility index (Phi) is 6.16. The lowest BCUT2D eigenvalue weighted by molar-refractivity contribution is -0.116. The third kappa shape index (κ3) is 5.03. The molecule has 0 bridgehead atoms. The molecule has 3 rings (SSSR count). The summed E-state index contributed by atoms with van der Waals surface area (Å²) in [6, 6.07) is 14.3. The third-order valence-corrected chi connectivity index (χ3v) is 4.16. The standard InChI is InChI=1S/C21H21N3O4/c1-14(25)16-5-3-6-17(13-16)22-19(26)7-4-8-20-23-21(24-28-20)15-9-11-18(27-2)12-10-15/h3,5-6,9-13H,4,7-8H2,1-2H3,(H,22,26). The van der Waals surface area contributed by atoms with Gasteiger partial charge in [0.1, 0.15) is 5.75 Å². The lowest BCUT2D eigenvalue weighted by Crippen LogP contribution is -2.12. The summed E-state index contributed by atoms with van der Waals surface area (Å²) in [7, 11) is 1.61. The van der Waals surface area contributed by atoms with E-state index in [-0.39, 0.29) is 11.7 Å². The summed E-state index contributed by atoms with van der Waals surface area (Å²) < 4.78 is 10.4. The van der Waals surface area contributed by atoms with Gasteiger partial charge in [0.25, 0.3) is 0 Å². The molecule has 0 atom stereocenters. The molecular weight excluding hydrogens is 358 g/mol. The van der Waals surface area contributed by atoms with Gasteiger partial charge < -0.3 is 14.6 Å². The molecule has 144 valence electrons. The maximum absolute atomic E-state index is 12.1. The summed E-state index contributed by atoms with van der Waals surface area (Å²) >= 11 is 0. The van der Waals surface area contributed by atoms with Gasteiger partial charge in [0.15, 0.2) is 5.78 Å². The van der Waals surface area contributed by atoms with Crippen LogP contribution >= 0.6 is 0 Å². The minimum atomic E-state index is -0.129. The molecule has 1 heterocycles. The zero-order chi connectivity index (χ0) is 19.9. The fraction of sp³-hybridized carbons (Fsp3) is 0.238. The van der Waals surface area contributed by atoms with Gasteiger partial charge in [-0.3, -0.25) is 9.59 Å². The first kappa shape index (κ1) is 19.3. The Bertz CT molecular complexity index is 964. The van der Waals surface area contributed by atoms with Gasteiger partial charge in [0.05, 0.1) is 7.11 Å². The fourth-order valence-corrected chi connectivity index (χ4v) is 2.65. The molecule has 0 saturated carbocycles. The molecule has 1 amide bonds. The van der Waals surface area contributed by atoms with Crippen molar-refractivity contribution in [3.8, 4) is 17.1 Å². The molecule has 0 fully saturated rings. The molecule has 7 heteroatoms. The lowest BCUT2D eigenvalue weighted by Gasteiger charge is -2.05. The number of rotatable bonds is 8. The topological polar surface area (TPSA) is 94.3 Å². The Morgan fingerprint density at radius 3 is 2.64 bits per heavy atom. The first-order chi connectivity index (χ1) is 13.5. The molecule has 0 aliphatic heterocycles. The summed E-state index contributed by atoms with van der Waals surface area (Å²) in [4.78, 5) is 27.9. The van der Waals surface area contributed by atoms with Gasteiger partial charge in [-0.2, -0.15) is 4.98 Å². The van der Waals surface area contributed by atoms with Crippen molar-refractivity contribution in [2.75, 3.05) is 12.4 Å². The second-order valence-corrected chi connectivity index (χ2v) is 6.28. The molecular formula is C21H21N3O4. The van der Waals surface area contributed by atoms with E-state index in [4.69, 9.17) is 9.26 Å². The number of amides is 1. The number of nitrogens with zero attached hydrogens (tertiary/aromatic N) is 2. The predicted octanol–water partition coefficient (Wildman–Crippen LogP) is 3.91. The van der Waals surface area contributed by atoms with E-state index < -0.39 is 0 Å². The van der Waals surface area contributed by atoms with Gasteiger partial charge >= 0.3 is 0 Å². The number of hydrogen-bond donors (Lipinski definition) is 1. The molecule has 3 aromatic rings. The molecule has 7 nitrogen and oxygen atoms in total. The number of aryl methyl sites for hydroxylation is 1. The highest BCUT2D eigenvalue weighted by atomic mass is 16.5. The van der Waals surface area contributed by atoms with E-state index in [9.17, 15) is 9.59 Å². The molecule has 1 N–H and O–H groups in total. The molecule has 28 heavy (non-hydrogen) atoms. The molecule has 0 aliphatic rings. The number of carbonyl (C=O) groups excluding carboxylic acids is 2. The molecule has 0 saturated heterocycles. The van der Waals surface area contributed by atoms with E-state index in [0.717, 1.165) is 11.3 Å². The third-order valence-electron chi connectivity index (χ3n) is 4.16. The van der Waals surface area contributed by atoms with Crippen LogP contribution in [0, 0.1) is 0 Å². The van der Waals surface area contributed by atoms with Gasteiger partial charge in [0.2, 0.25) is 17.6 Å². The monoisotopic (exact) mass is 379 g/mol. The number of aromatic nitrogens is 2. The fourth-order valence-electron chi connectivity index (χ4n) is 2.65. The molecule has 1 aromatic heterocycles. The highest BCUT2D eigenvalue weighted by Gasteiger charge is 2.10. The first-order valence-corrected chi connectivity index (χ1v) is 8.93. The van der Waals surface area contributed by atoms with Gasteiger partial charge in [-0.25, -0.2) is 0 Å². The molecule has 0 unspecified atom stereocenters. The van der Waals surface area contributed by atoms with Crippen LogP contribution in [0.3, 0.4) is 0 Å². The van der Waals surface area contributed by atoms with Crippen molar-refractivity contribution in [1.82, 2.24) is 10.1 Å². The van der Waals surface area contributed by atoms with Crippen molar-refractivity contribution in [3.63, 3.8) is 0 Å². The van der Waals surface area contributed by atoms with Crippen LogP contribution in [0.2, 0.25) is 0 Å². The van der Waals surface area contributed by atoms with Crippen LogP contribution in [0.1, 0.15) is 36.0 Å². The zero-order valence-corrected chi connectivity index (χ0v) is 15.8. The summed E-state index contributed by atoms with van der Waals surface area (Å²) in [5.41, 5.74) is 2.01. The Balaban J connectivity index is 1.49. The Hall–Kier alpha value is -3.48. The van der Waals surface area contributed by atoms with E-state index in [0.29, 0.717) is 42.2 Å². The van der Waals surface area contributed by atoms with Gasteiger partial charge in [0, 0.05) is 29.7 Å². The number of Topliss-reactive ketones (excluding diaryl/α,β-unsaturated/α-hetero) is 1. The number of methoxy groups -OCH3 is 1. The predicted molar refractivity (Wildman–Crippen MR) is 104 cm³/mol. The van der Waals surface area contributed by atoms with Crippen LogP contribution in [0.4, 0.5) is 5.69 Å². The van der Waals surface area contributed by atoms with Crippen LogP contribution in [0.15, 0.2) is 53.1 Å². The van der Waals surface area contributed by atoms with Gasteiger partial charge in [-0.1, -0.05) is 17.3 Å². The number of anilines is 1. The number of ketones is 1. The minimum Gasteiger partial charge on any atom is -0.497 e. The summed E-state index contributed by atoms with van der Waals surface area (Å²) in [6.45, 7) is 1.49. The number of benzene rings is 2. The van der Waals surface area contributed by atoms with Gasteiger partial charge in [-0.15, -0.1) is 0 Å². The van der Waals surface area contributed by atoms with E-state index in [2.05, 4.69) is 15.5 Å². The highest BCUT2D eigenvalue weighted by molar-refractivity contribution is 5.97. The average molecular weight is 379 g/mol. The number of carbonyl (C=O) groups is 2. The molecule has 2 aromatic carbocycles. The molecule has 0 spiro atoms. The summed E-state index contributed by atoms with van der Waals surface area (Å²) in [5, 5.41) is 6.77. The maximum atomic E-state index is 12.1. The van der Waals surface area contributed by atoms with Crippen LogP contribution in [0.25, 0.3) is 11.4 Å². The second-order valence-electron chi connectivity index (χ2n) is 6.28. The second kappa shape index (κ2) is 8.94. The highest BCUT2D eigenvalue weighted by Crippen LogP contribution is 2.20. The van der Waals surface area contributed by atoms with E-state index >= 15 is 0 Å². The Labute approximate surface area is 162 Å². The Morgan fingerprint density at radius 2 is 1.93 bits per heavy atom. The van der Waals surface area contributed by atoms with Crippen LogP contribution in [0.5, 0.6) is 5.75 Å². The number of ether oxygens (including phenoxy) is 1. The minimum absolute atomic E-state index is 0.0415. The number of hydrogen-bond acceptors (Lipinski definition) is 6. The Morgan fingerprint density at radius 1 is 1.14 bits per heavy atom. The average Bonchev–Trinajstić information content (AvgIpc) is 3.17. The molecule has 0 radical (unpaired) electrons. The first-order valence-electron chi connectivity index (χ1n) is 8.93. The largest absolute Gasteiger partial charge is 0.497 e. The van der Waals surface area contributed by atoms with Crippen LogP contribution in [-0.4, -0.2) is 28.9 Å². The smallest absolute Gasteiger partial charge is 0.226 e. The van der Waals surface area contributed by atoms with Crippen LogP contribution in [-0.2, 0) is 11.2 Å². The normalized spacial score (nSPS) is 10.5. The number of nitrogens with one attached hydrogen (secondary N) is 1. The van der Waals surface area contributed by atoms with E-state index in [1.54, 1.807) is 31.4 Å². The summed E-state index contributed by atoms with van der Waals surface area (Å²) in [6.07, 6.45) is 1.39. The van der Waals surface area contributed by atoms with E-state index in [1.165, 1.54) is 6.92 Å².